The molecule has 0 aromatic carbocycles. The maximum atomic E-state index is 11.9. The summed E-state index contributed by atoms with van der Waals surface area (Å²) in [6.07, 6.45) is 3.42. The van der Waals surface area contributed by atoms with Crippen LogP contribution in [0.1, 0.15) is 30.7 Å². The van der Waals surface area contributed by atoms with E-state index < -0.39 is 17.2 Å². The van der Waals surface area contributed by atoms with Crippen molar-refractivity contribution in [2.75, 3.05) is 7.05 Å². The van der Waals surface area contributed by atoms with E-state index in [4.69, 9.17) is 4.42 Å². The van der Waals surface area contributed by atoms with Crippen LogP contribution in [0.25, 0.3) is 10.8 Å². The molecular formula is C16H20N4O3S2. The van der Waals surface area contributed by atoms with Gasteiger partial charge in [0.15, 0.2) is 0 Å². The van der Waals surface area contributed by atoms with Gasteiger partial charge in [-0.3, -0.25) is 10.1 Å². The largest absolute Gasteiger partial charge is 0.410 e. The number of hydrogen-bond donors (Lipinski definition) is 2. The van der Waals surface area contributed by atoms with Gasteiger partial charge in [0.05, 0.1) is 10.1 Å². The fraction of sp³-hybridized carbons (Fsp3) is 0.500. The van der Waals surface area contributed by atoms with Gasteiger partial charge in [-0.1, -0.05) is 18.7 Å². The van der Waals surface area contributed by atoms with Gasteiger partial charge in [0.1, 0.15) is 0 Å². The van der Waals surface area contributed by atoms with E-state index in [0.29, 0.717) is 17.0 Å². The minimum Gasteiger partial charge on any atom is -0.410 e. The number of carbonyl (C=O) groups is 2. The molecule has 0 saturated carbocycles. The molecular weight excluding hydrogens is 360 g/mol. The molecule has 0 saturated heterocycles. The summed E-state index contributed by atoms with van der Waals surface area (Å²) in [6, 6.07) is 1.60. The van der Waals surface area contributed by atoms with Gasteiger partial charge in [0.25, 0.3) is 11.1 Å². The van der Waals surface area contributed by atoms with E-state index >= 15 is 0 Å². The van der Waals surface area contributed by atoms with Gasteiger partial charge in [0, 0.05) is 11.9 Å². The average molecular weight is 380 g/mol. The summed E-state index contributed by atoms with van der Waals surface area (Å²) in [7, 11) is 1.45. The van der Waals surface area contributed by atoms with Crippen LogP contribution in [0.5, 0.6) is 0 Å². The van der Waals surface area contributed by atoms with Crippen molar-refractivity contribution in [3.63, 3.8) is 0 Å². The van der Waals surface area contributed by atoms with E-state index in [1.165, 1.54) is 23.9 Å². The van der Waals surface area contributed by atoms with Gasteiger partial charge in [-0.05, 0) is 43.7 Å². The lowest BCUT2D eigenvalue weighted by molar-refractivity contribution is -0.119. The first-order valence-corrected chi connectivity index (χ1v) is 9.80. The van der Waals surface area contributed by atoms with Crippen molar-refractivity contribution in [1.82, 2.24) is 20.8 Å². The van der Waals surface area contributed by atoms with Crippen LogP contribution in [0, 0.1) is 5.92 Å². The van der Waals surface area contributed by atoms with Gasteiger partial charge in [-0.15, -0.1) is 21.5 Å². The Hall–Kier alpha value is -1.87. The Morgan fingerprint density at radius 3 is 3.00 bits per heavy atom. The molecule has 0 aliphatic heterocycles. The van der Waals surface area contributed by atoms with Gasteiger partial charge >= 0.3 is 6.03 Å². The van der Waals surface area contributed by atoms with Crippen LogP contribution in [-0.2, 0) is 17.6 Å². The molecule has 2 aromatic rings. The van der Waals surface area contributed by atoms with Gasteiger partial charge in [0.2, 0.25) is 5.91 Å². The van der Waals surface area contributed by atoms with Crippen LogP contribution in [0.4, 0.5) is 4.79 Å². The highest BCUT2D eigenvalue weighted by molar-refractivity contribution is 8.00. The molecule has 0 radical (unpaired) electrons. The quantitative estimate of drug-likeness (QED) is 0.792. The third-order valence-electron chi connectivity index (χ3n) is 4.06. The molecule has 1 aliphatic carbocycles. The summed E-state index contributed by atoms with van der Waals surface area (Å²) in [4.78, 5) is 25.4. The highest BCUT2D eigenvalue weighted by Gasteiger charge is 2.23. The number of rotatable bonds is 4. The Kier molecular flexibility index (Phi) is 5.43. The Balaban J connectivity index is 1.66. The molecule has 9 heteroatoms. The van der Waals surface area contributed by atoms with Crippen molar-refractivity contribution < 1.29 is 14.0 Å². The second kappa shape index (κ2) is 7.57. The van der Waals surface area contributed by atoms with E-state index in [1.807, 2.05) is 0 Å². The molecule has 3 amide bonds. The molecule has 2 atom stereocenters. The second-order valence-corrected chi connectivity index (χ2v) is 8.54. The minimum absolute atomic E-state index is 0.314. The van der Waals surface area contributed by atoms with Crippen LogP contribution in [0.2, 0.25) is 0 Å². The van der Waals surface area contributed by atoms with Crippen LogP contribution in [0.15, 0.2) is 15.7 Å². The third-order valence-corrected chi connectivity index (χ3v) is 6.22. The van der Waals surface area contributed by atoms with Gasteiger partial charge in [-0.2, -0.15) is 0 Å². The summed E-state index contributed by atoms with van der Waals surface area (Å²) < 4.78 is 5.70. The molecule has 0 unspecified atom stereocenters. The maximum Gasteiger partial charge on any atom is 0.321 e. The zero-order chi connectivity index (χ0) is 18.0. The zero-order valence-corrected chi connectivity index (χ0v) is 15.9. The molecule has 25 heavy (non-hydrogen) atoms. The molecule has 7 nitrogen and oxygen atoms in total. The molecule has 2 aromatic heterocycles. The first kappa shape index (κ1) is 17.9. The Bertz CT molecular complexity index is 786. The first-order valence-electron chi connectivity index (χ1n) is 8.11. The number of nitrogens with zero attached hydrogens (tertiary/aromatic N) is 2. The minimum atomic E-state index is -0.540. The van der Waals surface area contributed by atoms with Gasteiger partial charge < -0.3 is 9.73 Å². The van der Waals surface area contributed by atoms with Gasteiger partial charge in [-0.25, -0.2) is 4.79 Å². The number of hydrogen-bond acceptors (Lipinski definition) is 7. The number of imide groups is 1. The van der Waals surface area contributed by atoms with E-state index in [9.17, 15) is 9.59 Å². The SMILES string of the molecule is CNC(=O)NC(=O)[C@H](C)Sc1nnc(-c2cc3c(s2)CC[C@H](C)C3)o1. The Morgan fingerprint density at radius 2 is 2.24 bits per heavy atom. The van der Waals surface area contributed by atoms with Crippen molar-refractivity contribution in [2.24, 2.45) is 5.92 Å². The average Bonchev–Trinajstić information content (AvgIpc) is 3.20. The molecule has 134 valence electrons. The van der Waals surface area contributed by atoms with Crippen molar-refractivity contribution in [3.8, 4) is 10.8 Å². The van der Waals surface area contributed by atoms with E-state index in [2.05, 4.69) is 33.8 Å². The number of aromatic nitrogens is 2. The third kappa shape index (κ3) is 4.21. The Morgan fingerprint density at radius 1 is 1.44 bits per heavy atom. The van der Waals surface area contributed by atoms with Crippen molar-refractivity contribution >= 4 is 35.0 Å². The molecule has 1 aliphatic rings. The fourth-order valence-electron chi connectivity index (χ4n) is 2.65. The number of urea groups is 1. The maximum absolute atomic E-state index is 11.9. The fourth-order valence-corrected chi connectivity index (χ4v) is 4.46. The summed E-state index contributed by atoms with van der Waals surface area (Å²) in [5, 5.41) is 12.5. The summed E-state index contributed by atoms with van der Waals surface area (Å²) >= 11 is 2.83. The van der Waals surface area contributed by atoms with Crippen molar-refractivity contribution in [2.45, 2.75) is 43.6 Å². The number of amides is 3. The van der Waals surface area contributed by atoms with E-state index in [0.717, 1.165) is 29.5 Å². The van der Waals surface area contributed by atoms with Crippen molar-refractivity contribution in [1.29, 1.82) is 0 Å². The monoisotopic (exact) mass is 380 g/mol. The lowest BCUT2D eigenvalue weighted by Crippen LogP contribution is -2.41. The highest BCUT2D eigenvalue weighted by atomic mass is 32.2. The summed E-state index contributed by atoms with van der Waals surface area (Å²) in [6.45, 7) is 3.95. The molecule has 3 rings (SSSR count). The number of aryl methyl sites for hydroxylation is 1. The number of carbonyl (C=O) groups excluding carboxylic acids is 2. The molecule has 0 fully saturated rings. The highest BCUT2D eigenvalue weighted by Crippen LogP contribution is 2.37. The smallest absolute Gasteiger partial charge is 0.321 e. The predicted octanol–water partition coefficient (Wildman–Crippen LogP) is 2.86. The van der Waals surface area contributed by atoms with Crippen LogP contribution in [0.3, 0.4) is 0 Å². The number of thiophene rings is 1. The van der Waals surface area contributed by atoms with Crippen LogP contribution in [-0.4, -0.2) is 34.4 Å². The van der Waals surface area contributed by atoms with Crippen molar-refractivity contribution in [3.05, 3.63) is 16.5 Å². The standard InChI is InChI=1S/C16H20N4O3S2/c1-8-4-5-11-10(6-8)7-12(25-11)14-19-20-16(23-14)24-9(2)13(21)18-15(22)17-3/h7-9H,4-6H2,1-3H3,(H2,17,18,21,22)/t8-,9-/m0/s1. The van der Waals surface area contributed by atoms with Crippen LogP contribution >= 0.6 is 23.1 Å². The topological polar surface area (TPSA) is 97.1 Å². The number of fused-ring (bicyclic) bond motifs is 1. The molecule has 0 spiro atoms. The summed E-state index contributed by atoms with van der Waals surface area (Å²) in [5.41, 5.74) is 1.38. The molecule has 0 bridgehead atoms. The second-order valence-electron chi connectivity index (χ2n) is 6.11. The number of nitrogens with one attached hydrogen (secondary N) is 2. The zero-order valence-electron chi connectivity index (χ0n) is 14.3. The lowest BCUT2D eigenvalue weighted by Gasteiger charge is -2.16. The predicted molar refractivity (Wildman–Crippen MR) is 96.7 cm³/mol. The Labute approximate surface area is 154 Å². The van der Waals surface area contributed by atoms with E-state index in [1.54, 1.807) is 18.3 Å². The summed E-state index contributed by atoms with van der Waals surface area (Å²) in [5.74, 6) is 0.779. The lowest BCUT2D eigenvalue weighted by atomic mass is 9.90. The molecule has 2 heterocycles. The first-order chi connectivity index (χ1) is 12.0. The van der Waals surface area contributed by atoms with E-state index in [-0.39, 0.29) is 0 Å². The molecule has 2 N–H and O–H groups in total. The number of thioether (sulfide) groups is 1. The normalized spacial score (nSPS) is 17.6. The van der Waals surface area contributed by atoms with Crippen LogP contribution < -0.4 is 10.6 Å².